The number of aliphatic hydroxyl groups is 1. The van der Waals surface area contributed by atoms with Gasteiger partial charge in [0.25, 0.3) is 0 Å². The number of aliphatic hydroxyl groups excluding tert-OH is 1. The molecule has 2 aromatic carbocycles. The van der Waals surface area contributed by atoms with Crippen LogP contribution >= 0.6 is 0 Å². The van der Waals surface area contributed by atoms with Gasteiger partial charge in [0.1, 0.15) is 5.82 Å². The number of rotatable bonds is 9. The van der Waals surface area contributed by atoms with Gasteiger partial charge in [0.05, 0.1) is 19.3 Å². The standard InChI is InChI=1S/C20H24FNO2/c21-20-9-5-4-8-17(20)12-22(18-10-11-18)13-19(23)15-24-14-16-6-2-1-3-7-16/h1-9,18-19,23H,10-15H2/t19-/m1/s1. The van der Waals surface area contributed by atoms with E-state index < -0.39 is 6.10 Å². The number of hydrogen-bond acceptors (Lipinski definition) is 3. The van der Waals surface area contributed by atoms with Crippen LogP contribution in [0.3, 0.4) is 0 Å². The second-order valence-electron chi connectivity index (χ2n) is 6.41. The molecule has 3 nitrogen and oxygen atoms in total. The minimum absolute atomic E-state index is 0.182. The first-order valence-electron chi connectivity index (χ1n) is 8.49. The molecule has 0 saturated heterocycles. The van der Waals surface area contributed by atoms with E-state index >= 15 is 0 Å². The molecule has 0 radical (unpaired) electrons. The van der Waals surface area contributed by atoms with Crippen molar-refractivity contribution in [3.05, 3.63) is 71.5 Å². The van der Waals surface area contributed by atoms with Crippen LogP contribution in [0.1, 0.15) is 24.0 Å². The van der Waals surface area contributed by atoms with Crippen molar-refractivity contribution >= 4 is 0 Å². The summed E-state index contributed by atoms with van der Waals surface area (Å²) < 4.78 is 19.5. The normalized spacial score (nSPS) is 15.6. The third kappa shape index (κ3) is 5.13. The van der Waals surface area contributed by atoms with Crippen LogP contribution in [-0.2, 0) is 17.9 Å². The maximum atomic E-state index is 13.8. The highest BCUT2D eigenvalue weighted by atomic mass is 19.1. The lowest BCUT2D eigenvalue weighted by Crippen LogP contribution is -2.36. The summed E-state index contributed by atoms with van der Waals surface area (Å²) in [5, 5.41) is 10.3. The second kappa shape index (κ2) is 8.38. The fourth-order valence-corrected chi connectivity index (χ4v) is 2.84. The zero-order valence-electron chi connectivity index (χ0n) is 13.8. The minimum Gasteiger partial charge on any atom is -0.389 e. The molecule has 0 spiro atoms. The average Bonchev–Trinajstić information content (AvgIpc) is 3.42. The number of ether oxygens (including phenoxy) is 1. The van der Waals surface area contributed by atoms with E-state index in [4.69, 9.17) is 4.74 Å². The number of halogens is 1. The molecule has 0 unspecified atom stereocenters. The van der Waals surface area contributed by atoms with Crippen molar-refractivity contribution in [3.8, 4) is 0 Å². The minimum atomic E-state index is -0.568. The molecule has 1 aliphatic carbocycles. The Labute approximate surface area is 142 Å². The highest BCUT2D eigenvalue weighted by molar-refractivity contribution is 5.17. The van der Waals surface area contributed by atoms with Crippen molar-refractivity contribution < 1.29 is 14.2 Å². The topological polar surface area (TPSA) is 32.7 Å². The van der Waals surface area contributed by atoms with Gasteiger partial charge < -0.3 is 9.84 Å². The molecule has 1 saturated carbocycles. The second-order valence-corrected chi connectivity index (χ2v) is 6.41. The molecular formula is C20H24FNO2. The molecule has 0 heterocycles. The highest BCUT2D eigenvalue weighted by Gasteiger charge is 2.30. The predicted octanol–water partition coefficient (Wildman–Crippen LogP) is 3.37. The number of benzene rings is 2. The van der Waals surface area contributed by atoms with Gasteiger partial charge in [0.15, 0.2) is 0 Å². The maximum absolute atomic E-state index is 13.8. The summed E-state index contributed by atoms with van der Waals surface area (Å²) >= 11 is 0. The van der Waals surface area contributed by atoms with Gasteiger partial charge in [-0.25, -0.2) is 4.39 Å². The Kier molecular flexibility index (Phi) is 5.96. The summed E-state index contributed by atoms with van der Waals surface area (Å²) in [5.74, 6) is -0.182. The summed E-state index contributed by atoms with van der Waals surface area (Å²) in [5.41, 5.74) is 1.77. The SMILES string of the molecule is O[C@@H](COCc1ccccc1)CN(Cc1ccccc1F)C1CC1. The molecule has 24 heavy (non-hydrogen) atoms. The monoisotopic (exact) mass is 329 g/mol. The summed E-state index contributed by atoms with van der Waals surface area (Å²) in [7, 11) is 0. The lowest BCUT2D eigenvalue weighted by Gasteiger charge is -2.25. The van der Waals surface area contributed by atoms with Crippen LogP contribution in [0.4, 0.5) is 4.39 Å². The van der Waals surface area contributed by atoms with Gasteiger partial charge in [0, 0.05) is 24.7 Å². The zero-order valence-corrected chi connectivity index (χ0v) is 13.8. The first-order chi connectivity index (χ1) is 11.7. The van der Waals surface area contributed by atoms with Gasteiger partial charge in [-0.15, -0.1) is 0 Å². The maximum Gasteiger partial charge on any atom is 0.127 e. The molecule has 0 bridgehead atoms. The Bertz CT molecular complexity index is 631. The Morgan fingerprint density at radius 3 is 2.50 bits per heavy atom. The summed E-state index contributed by atoms with van der Waals surface area (Å²) in [6.07, 6.45) is 1.67. The molecule has 1 atom stereocenters. The van der Waals surface area contributed by atoms with Gasteiger partial charge in [-0.05, 0) is 24.5 Å². The first-order valence-corrected chi connectivity index (χ1v) is 8.49. The lowest BCUT2D eigenvalue weighted by atomic mass is 10.2. The van der Waals surface area contributed by atoms with E-state index in [1.807, 2.05) is 42.5 Å². The smallest absolute Gasteiger partial charge is 0.127 e. The molecule has 3 rings (SSSR count). The summed E-state index contributed by atoms with van der Waals surface area (Å²) in [6, 6.07) is 17.2. The van der Waals surface area contributed by atoms with Gasteiger partial charge in [-0.3, -0.25) is 4.90 Å². The summed E-state index contributed by atoms with van der Waals surface area (Å²) in [4.78, 5) is 2.16. The van der Waals surface area contributed by atoms with Crippen molar-refractivity contribution in [1.82, 2.24) is 4.90 Å². The first kappa shape index (κ1) is 17.1. The fraction of sp³-hybridized carbons (Fsp3) is 0.400. The average molecular weight is 329 g/mol. The third-order valence-electron chi connectivity index (χ3n) is 4.26. The molecule has 0 aliphatic heterocycles. The molecule has 1 N–H and O–H groups in total. The number of nitrogens with zero attached hydrogens (tertiary/aromatic N) is 1. The van der Waals surface area contributed by atoms with Crippen molar-refractivity contribution in [2.45, 2.75) is 38.1 Å². The van der Waals surface area contributed by atoms with Crippen LogP contribution in [0.5, 0.6) is 0 Å². The quantitative estimate of drug-likeness (QED) is 0.766. The van der Waals surface area contributed by atoms with Crippen LogP contribution in [0.25, 0.3) is 0 Å². The fourth-order valence-electron chi connectivity index (χ4n) is 2.84. The molecule has 1 fully saturated rings. The van der Waals surface area contributed by atoms with E-state index in [-0.39, 0.29) is 12.4 Å². The number of hydrogen-bond donors (Lipinski definition) is 1. The molecule has 4 heteroatoms. The third-order valence-corrected chi connectivity index (χ3v) is 4.26. The van der Waals surface area contributed by atoms with E-state index in [9.17, 15) is 9.50 Å². The highest BCUT2D eigenvalue weighted by Crippen LogP contribution is 2.28. The van der Waals surface area contributed by atoms with E-state index in [1.165, 1.54) is 6.07 Å². The van der Waals surface area contributed by atoms with Gasteiger partial charge in [0.2, 0.25) is 0 Å². The van der Waals surface area contributed by atoms with E-state index in [0.717, 1.165) is 18.4 Å². The van der Waals surface area contributed by atoms with E-state index in [2.05, 4.69) is 4.90 Å². The van der Waals surface area contributed by atoms with Gasteiger partial charge in [-0.1, -0.05) is 48.5 Å². The Morgan fingerprint density at radius 2 is 1.79 bits per heavy atom. The molecule has 0 aromatic heterocycles. The van der Waals surface area contributed by atoms with Crippen molar-refractivity contribution in [3.63, 3.8) is 0 Å². The Hall–Kier alpha value is -1.75. The molecule has 1 aliphatic rings. The van der Waals surface area contributed by atoms with Crippen LogP contribution < -0.4 is 0 Å². The van der Waals surface area contributed by atoms with Crippen LogP contribution in [-0.4, -0.2) is 35.3 Å². The van der Waals surface area contributed by atoms with Crippen LogP contribution in [0, 0.1) is 5.82 Å². The molecular weight excluding hydrogens is 305 g/mol. The van der Waals surface area contributed by atoms with Crippen molar-refractivity contribution in [2.75, 3.05) is 13.2 Å². The zero-order chi connectivity index (χ0) is 16.8. The lowest BCUT2D eigenvalue weighted by molar-refractivity contribution is 0.00690. The molecule has 0 amide bonds. The molecule has 128 valence electrons. The van der Waals surface area contributed by atoms with Crippen LogP contribution in [0.15, 0.2) is 54.6 Å². The van der Waals surface area contributed by atoms with E-state index in [0.29, 0.717) is 31.3 Å². The van der Waals surface area contributed by atoms with Gasteiger partial charge >= 0.3 is 0 Å². The van der Waals surface area contributed by atoms with Crippen molar-refractivity contribution in [2.24, 2.45) is 0 Å². The predicted molar refractivity (Wildman–Crippen MR) is 91.9 cm³/mol. The van der Waals surface area contributed by atoms with Crippen LogP contribution in [0.2, 0.25) is 0 Å². The largest absolute Gasteiger partial charge is 0.389 e. The summed E-state index contributed by atoms with van der Waals surface area (Å²) in [6.45, 7) is 1.82. The Morgan fingerprint density at radius 1 is 1.08 bits per heavy atom. The van der Waals surface area contributed by atoms with Gasteiger partial charge in [-0.2, -0.15) is 0 Å². The Balaban J connectivity index is 1.47. The van der Waals surface area contributed by atoms with E-state index in [1.54, 1.807) is 6.07 Å². The van der Waals surface area contributed by atoms with Crippen molar-refractivity contribution in [1.29, 1.82) is 0 Å². The molecule has 2 aromatic rings.